The van der Waals surface area contributed by atoms with Gasteiger partial charge in [0.25, 0.3) is 0 Å². The van der Waals surface area contributed by atoms with Crippen molar-refractivity contribution in [2.45, 2.75) is 44.8 Å². The van der Waals surface area contributed by atoms with Crippen molar-refractivity contribution >= 4 is 40.6 Å². The SMILES string of the molecule is COc1cc(Cl)cc(C(C)(C)C(=O)N(C)c2cnc(N3CCCC3(C)O)cc2-c2ccccc2Cl)c1. The number of rotatable bonds is 6. The van der Waals surface area contributed by atoms with Crippen LogP contribution in [0.5, 0.6) is 5.75 Å². The van der Waals surface area contributed by atoms with Crippen LogP contribution in [-0.4, -0.2) is 42.4 Å². The molecule has 8 heteroatoms. The second-order valence-electron chi connectivity index (χ2n) is 9.88. The van der Waals surface area contributed by atoms with Crippen molar-refractivity contribution < 1.29 is 14.6 Å². The monoisotopic (exact) mass is 527 g/mol. The molecular formula is C28H31Cl2N3O3. The lowest BCUT2D eigenvalue weighted by molar-refractivity contribution is -0.122. The maximum absolute atomic E-state index is 13.9. The predicted molar refractivity (Wildman–Crippen MR) is 146 cm³/mol. The highest BCUT2D eigenvalue weighted by molar-refractivity contribution is 6.33. The lowest BCUT2D eigenvalue weighted by Gasteiger charge is -2.33. The Morgan fingerprint density at radius 1 is 1.17 bits per heavy atom. The van der Waals surface area contributed by atoms with Gasteiger partial charge >= 0.3 is 0 Å². The fraction of sp³-hybridized carbons (Fsp3) is 0.357. The van der Waals surface area contributed by atoms with Crippen LogP contribution < -0.4 is 14.5 Å². The maximum atomic E-state index is 13.9. The molecule has 0 saturated carbocycles. The third kappa shape index (κ3) is 4.90. The Hall–Kier alpha value is -2.80. The minimum atomic E-state index is -0.985. The number of carbonyl (C=O) groups is 1. The summed E-state index contributed by atoms with van der Waals surface area (Å²) in [5, 5.41) is 11.9. The highest BCUT2D eigenvalue weighted by Crippen LogP contribution is 2.41. The van der Waals surface area contributed by atoms with Crippen LogP contribution in [0.1, 0.15) is 39.2 Å². The summed E-state index contributed by atoms with van der Waals surface area (Å²) in [4.78, 5) is 22.1. The average Bonchev–Trinajstić information content (AvgIpc) is 3.21. The van der Waals surface area contributed by atoms with Gasteiger partial charge in [-0.3, -0.25) is 4.79 Å². The normalized spacial score (nSPS) is 17.8. The third-order valence-electron chi connectivity index (χ3n) is 6.95. The summed E-state index contributed by atoms with van der Waals surface area (Å²) in [6.07, 6.45) is 3.20. The van der Waals surface area contributed by atoms with E-state index in [2.05, 4.69) is 4.98 Å². The Labute approximate surface area is 222 Å². The fourth-order valence-electron chi connectivity index (χ4n) is 4.75. The zero-order valence-electron chi connectivity index (χ0n) is 21.2. The van der Waals surface area contributed by atoms with E-state index in [1.807, 2.05) is 55.1 Å². The van der Waals surface area contributed by atoms with E-state index in [-0.39, 0.29) is 5.91 Å². The quantitative estimate of drug-likeness (QED) is 0.406. The molecule has 2 aromatic carbocycles. The smallest absolute Gasteiger partial charge is 0.236 e. The van der Waals surface area contributed by atoms with Crippen molar-refractivity contribution in [3.8, 4) is 16.9 Å². The maximum Gasteiger partial charge on any atom is 0.236 e. The van der Waals surface area contributed by atoms with E-state index in [4.69, 9.17) is 27.9 Å². The van der Waals surface area contributed by atoms with Crippen LogP contribution in [0, 0.1) is 0 Å². The van der Waals surface area contributed by atoms with Crippen molar-refractivity contribution in [1.82, 2.24) is 4.98 Å². The van der Waals surface area contributed by atoms with Gasteiger partial charge in [0.05, 0.1) is 24.4 Å². The lowest BCUT2D eigenvalue weighted by Crippen LogP contribution is -2.42. The molecule has 1 atom stereocenters. The number of aromatic nitrogens is 1. The number of nitrogens with zero attached hydrogens (tertiary/aromatic N) is 3. The Balaban J connectivity index is 1.80. The molecule has 1 fully saturated rings. The number of ether oxygens (including phenoxy) is 1. The molecular weight excluding hydrogens is 497 g/mol. The Kier molecular flexibility index (Phi) is 7.24. The third-order valence-corrected chi connectivity index (χ3v) is 7.50. The Bertz CT molecular complexity index is 1290. The summed E-state index contributed by atoms with van der Waals surface area (Å²) in [7, 11) is 3.30. The zero-order valence-corrected chi connectivity index (χ0v) is 22.7. The van der Waals surface area contributed by atoms with E-state index in [0.717, 1.165) is 23.1 Å². The van der Waals surface area contributed by atoms with Gasteiger partial charge in [-0.05, 0) is 69.5 Å². The molecule has 1 aliphatic rings. The van der Waals surface area contributed by atoms with Crippen LogP contribution in [0.25, 0.3) is 11.1 Å². The molecule has 1 saturated heterocycles. The Morgan fingerprint density at radius 2 is 1.89 bits per heavy atom. The van der Waals surface area contributed by atoms with Crippen molar-refractivity contribution in [3.63, 3.8) is 0 Å². The summed E-state index contributed by atoms with van der Waals surface area (Å²) in [6, 6.07) is 14.7. The topological polar surface area (TPSA) is 65.9 Å². The second-order valence-corrected chi connectivity index (χ2v) is 10.7. The largest absolute Gasteiger partial charge is 0.497 e. The van der Waals surface area contributed by atoms with Crippen LogP contribution in [0.4, 0.5) is 11.5 Å². The number of likely N-dealkylation sites (N-methyl/N-ethyl adjacent to an activating group) is 1. The van der Waals surface area contributed by atoms with Crippen molar-refractivity contribution in [2.75, 3.05) is 30.5 Å². The van der Waals surface area contributed by atoms with Crippen molar-refractivity contribution in [3.05, 3.63) is 70.3 Å². The van der Waals surface area contributed by atoms with E-state index in [1.54, 1.807) is 44.3 Å². The molecule has 0 radical (unpaired) electrons. The van der Waals surface area contributed by atoms with E-state index < -0.39 is 11.1 Å². The molecule has 4 rings (SSSR count). The molecule has 0 aliphatic carbocycles. The van der Waals surface area contributed by atoms with Gasteiger partial charge in [-0.1, -0.05) is 41.4 Å². The summed E-state index contributed by atoms with van der Waals surface area (Å²) in [5.41, 5.74) is 0.976. The number of anilines is 2. The van der Waals surface area contributed by atoms with Gasteiger partial charge in [0.1, 0.15) is 17.3 Å². The molecule has 0 bridgehead atoms. The number of carbonyl (C=O) groups excluding carboxylic acids is 1. The van der Waals surface area contributed by atoms with Gasteiger partial charge < -0.3 is 19.6 Å². The predicted octanol–water partition coefficient (Wildman–Crippen LogP) is 6.31. The number of amides is 1. The highest BCUT2D eigenvalue weighted by Gasteiger charge is 2.37. The molecule has 190 valence electrons. The minimum absolute atomic E-state index is 0.150. The molecule has 3 aromatic rings. The van der Waals surface area contributed by atoms with Gasteiger partial charge in [-0.25, -0.2) is 4.98 Å². The molecule has 1 aromatic heterocycles. The molecule has 0 spiro atoms. The fourth-order valence-corrected chi connectivity index (χ4v) is 5.21. The molecule has 1 N–H and O–H groups in total. The van der Waals surface area contributed by atoms with Crippen LogP contribution in [0.3, 0.4) is 0 Å². The number of pyridine rings is 1. The first-order valence-corrected chi connectivity index (χ1v) is 12.6. The highest BCUT2D eigenvalue weighted by atomic mass is 35.5. The molecule has 2 heterocycles. The molecule has 6 nitrogen and oxygen atoms in total. The summed E-state index contributed by atoms with van der Waals surface area (Å²) in [6.45, 7) is 6.20. The molecule has 1 unspecified atom stereocenters. The number of benzene rings is 2. The van der Waals surface area contributed by atoms with Crippen LogP contribution in [0.2, 0.25) is 10.0 Å². The number of halogens is 2. The van der Waals surface area contributed by atoms with Gasteiger partial charge in [-0.2, -0.15) is 0 Å². The van der Waals surface area contributed by atoms with E-state index in [9.17, 15) is 9.90 Å². The molecule has 1 aliphatic heterocycles. The zero-order chi connectivity index (χ0) is 26.3. The van der Waals surface area contributed by atoms with Gasteiger partial charge in [0.15, 0.2) is 0 Å². The Morgan fingerprint density at radius 3 is 2.53 bits per heavy atom. The molecule has 36 heavy (non-hydrogen) atoms. The van der Waals surface area contributed by atoms with Crippen molar-refractivity contribution in [1.29, 1.82) is 0 Å². The van der Waals surface area contributed by atoms with Gasteiger partial charge in [0, 0.05) is 34.8 Å². The van der Waals surface area contributed by atoms with Gasteiger partial charge in [0.2, 0.25) is 5.91 Å². The number of aliphatic hydroxyl groups is 1. The lowest BCUT2D eigenvalue weighted by atomic mass is 9.83. The summed E-state index contributed by atoms with van der Waals surface area (Å²) >= 11 is 12.9. The van der Waals surface area contributed by atoms with E-state index >= 15 is 0 Å². The van der Waals surface area contributed by atoms with Crippen LogP contribution in [-0.2, 0) is 10.2 Å². The van der Waals surface area contributed by atoms with Crippen molar-refractivity contribution in [2.24, 2.45) is 0 Å². The number of hydrogen-bond donors (Lipinski definition) is 1. The van der Waals surface area contributed by atoms with E-state index in [0.29, 0.717) is 40.3 Å². The number of methoxy groups -OCH3 is 1. The first-order valence-electron chi connectivity index (χ1n) is 11.8. The molecule has 1 amide bonds. The minimum Gasteiger partial charge on any atom is -0.497 e. The van der Waals surface area contributed by atoms with Crippen LogP contribution in [0.15, 0.2) is 54.7 Å². The summed E-state index contributed by atoms with van der Waals surface area (Å²) in [5.74, 6) is 1.07. The van der Waals surface area contributed by atoms with E-state index in [1.165, 1.54) is 0 Å². The van der Waals surface area contributed by atoms with Crippen LogP contribution >= 0.6 is 23.2 Å². The first kappa shape index (κ1) is 26.3. The second kappa shape index (κ2) is 9.92. The first-order chi connectivity index (χ1) is 17.0. The number of hydrogen-bond acceptors (Lipinski definition) is 5. The standard InChI is InChI=1S/C28H31Cl2N3O3/c1-27(2,18-13-19(29)15-20(14-18)36-5)26(34)32(4)24-17-31-25(33-12-8-11-28(33,3)35)16-22(24)21-9-6-7-10-23(21)30/h6-7,9-10,13-17,35H,8,11-12H2,1-5H3. The summed E-state index contributed by atoms with van der Waals surface area (Å²) < 4.78 is 5.37. The average molecular weight is 528 g/mol. The van der Waals surface area contributed by atoms with Gasteiger partial charge in [-0.15, -0.1) is 0 Å².